The van der Waals surface area contributed by atoms with Crippen LogP contribution in [0.25, 0.3) is 0 Å². The second kappa shape index (κ2) is 6.02. The molecule has 0 aromatic heterocycles. The maximum atomic E-state index is 9.01. The maximum Gasteiger partial charge on any atom is 0.634 e. The molecular formula is C13H12BClO3. The van der Waals surface area contributed by atoms with E-state index in [9.17, 15) is 0 Å². The molecule has 0 fully saturated rings. The Balaban J connectivity index is 2.33. The Kier molecular flexibility index (Phi) is 4.39. The van der Waals surface area contributed by atoms with Gasteiger partial charge >= 0.3 is 7.32 Å². The fourth-order valence-corrected chi connectivity index (χ4v) is 1.86. The van der Waals surface area contributed by atoms with Crippen LogP contribution in [0.4, 0.5) is 0 Å². The van der Waals surface area contributed by atoms with E-state index in [1.165, 1.54) is 0 Å². The zero-order valence-corrected chi connectivity index (χ0v) is 10.3. The van der Waals surface area contributed by atoms with Crippen LogP contribution in [0.1, 0.15) is 17.2 Å². The molecule has 18 heavy (non-hydrogen) atoms. The minimum atomic E-state index is -1.83. The molecule has 0 aliphatic carbocycles. The highest BCUT2D eigenvalue weighted by molar-refractivity contribution is 6.32. The number of halogens is 1. The number of hydrogen-bond acceptors (Lipinski definition) is 3. The van der Waals surface area contributed by atoms with Gasteiger partial charge in [0.15, 0.2) is 0 Å². The molecule has 92 valence electrons. The Labute approximate surface area is 111 Å². The van der Waals surface area contributed by atoms with Crippen molar-refractivity contribution in [3.05, 3.63) is 70.7 Å². The molecule has 5 heteroatoms. The first-order valence-corrected chi connectivity index (χ1v) is 5.86. The second-order valence-corrected chi connectivity index (χ2v) is 4.24. The zero-order valence-electron chi connectivity index (χ0n) is 9.53. The number of benzene rings is 2. The van der Waals surface area contributed by atoms with E-state index in [2.05, 4.69) is 0 Å². The minimum Gasteiger partial charge on any atom is -0.402 e. The Hall–Kier alpha value is -1.33. The Morgan fingerprint density at radius 1 is 0.889 bits per heavy atom. The fraction of sp³-hybridized carbons (Fsp3) is 0.0769. The van der Waals surface area contributed by atoms with E-state index < -0.39 is 13.4 Å². The maximum absolute atomic E-state index is 9.01. The van der Waals surface area contributed by atoms with Crippen molar-refractivity contribution in [3.8, 4) is 0 Å². The summed E-state index contributed by atoms with van der Waals surface area (Å²) in [5.74, 6) is 0. The predicted molar refractivity (Wildman–Crippen MR) is 71.0 cm³/mol. The summed E-state index contributed by atoms with van der Waals surface area (Å²) in [6.07, 6.45) is -0.538. The van der Waals surface area contributed by atoms with E-state index in [1.807, 2.05) is 30.3 Å². The van der Waals surface area contributed by atoms with Crippen molar-refractivity contribution in [2.75, 3.05) is 0 Å². The van der Waals surface area contributed by atoms with Crippen LogP contribution in [-0.2, 0) is 4.65 Å². The summed E-state index contributed by atoms with van der Waals surface area (Å²) in [6, 6.07) is 16.4. The summed E-state index contributed by atoms with van der Waals surface area (Å²) >= 11 is 5.83. The molecule has 0 aliphatic rings. The zero-order chi connectivity index (χ0) is 13.0. The van der Waals surface area contributed by atoms with Crippen LogP contribution in [0.15, 0.2) is 54.6 Å². The third kappa shape index (κ3) is 3.34. The van der Waals surface area contributed by atoms with Gasteiger partial charge in [0, 0.05) is 5.02 Å². The molecule has 3 nitrogen and oxygen atoms in total. The third-order valence-electron chi connectivity index (χ3n) is 2.53. The predicted octanol–water partition coefficient (Wildman–Crippen LogP) is 2.42. The molecule has 1 atom stereocenters. The van der Waals surface area contributed by atoms with Crippen LogP contribution in [0.2, 0.25) is 5.02 Å². The van der Waals surface area contributed by atoms with E-state index in [1.54, 1.807) is 24.3 Å². The molecule has 2 rings (SSSR count). The molecule has 1 unspecified atom stereocenters. The van der Waals surface area contributed by atoms with Crippen molar-refractivity contribution in [1.29, 1.82) is 0 Å². The van der Waals surface area contributed by atoms with Crippen molar-refractivity contribution in [1.82, 2.24) is 0 Å². The molecule has 0 amide bonds. The lowest BCUT2D eigenvalue weighted by Gasteiger charge is -2.18. The molecule has 2 aromatic rings. The van der Waals surface area contributed by atoms with Crippen LogP contribution in [0.3, 0.4) is 0 Å². The first-order chi connectivity index (χ1) is 8.66. The fourth-order valence-electron chi connectivity index (χ4n) is 1.74. The summed E-state index contributed by atoms with van der Waals surface area (Å²) in [6.45, 7) is 0. The normalized spacial score (nSPS) is 12.2. The lowest BCUT2D eigenvalue weighted by atomic mass is 10.00. The summed E-state index contributed by atoms with van der Waals surface area (Å²) in [7, 11) is -1.83. The summed E-state index contributed by atoms with van der Waals surface area (Å²) in [5, 5.41) is 18.6. The highest BCUT2D eigenvalue weighted by atomic mass is 35.5. The van der Waals surface area contributed by atoms with Crippen LogP contribution >= 0.6 is 11.6 Å². The van der Waals surface area contributed by atoms with Gasteiger partial charge in [0.2, 0.25) is 0 Å². The molecule has 0 spiro atoms. The quantitative estimate of drug-likeness (QED) is 0.832. The molecule has 0 bridgehead atoms. The molecule has 2 N–H and O–H groups in total. The molecule has 0 saturated heterocycles. The Morgan fingerprint density at radius 2 is 1.44 bits per heavy atom. The van der Waals surface area contributed by atoms with Gasteiger partial charge in [0.25, 0.3) is 0 Å². The molecular weight excluding hydrogens is 250 g/mol. The van der Waals surface area contributed by atoms with Gasteiger partial charge < -0.3 is 14.7 Å². The van der Waals surface area contributed by atoms with Gasteiger partial charge in [-0.15, -0.1) is 0 Å². The van der Waals surface area contributed by atoms with Gasteiger partial charge in [-0.3, -0.25) is 0 Å². The topological polar surface area (TPSA) is 49.7 Å². The minimum absolute atomic E-state index is 0.538. The van der Waals surface area contributed by atoms with Crippen molar-refractivity contribution >= 4 is 18.9 Å². The molecule has 0 radical (unpaired) electrons. The Bertz CT molecular complexity index is 487. The van der Waals surface area contributed by atoms with Gasteiger partial charge in [-0.2, -0.15) is 0 Å². The van der Waals surface area contributed by atoms with Crippen molar-refractivity contribution in [3.63, 3.8) is 0 Å². The van der Waals surface area contributed by atoms with Gasteiger partial charge in [0.1, 0.15) is 0 Å². The lowest BCUT2D eigenvalue weighted by Crippen LogP contribution is -2.21. The Morgan fingerprint density at radius 3 is 2.00 bits per heavy atom. The third-order valence-corrected chi connectivity index (χ3v) is 2.78. The van der Waals surface area contributed by atoms with E-state index in [4.69, 9.17) is 26.3 Å². The SMILES string of the molecule is OB(O)OC(c1ccccc1)c1ccc(Cl)cc1. The average Bonchev–Trinajstić information content (AvgIpc) is 2.38. The van der Waals surface area contributed by atoms with Crippen molar-refractivity contribution in [2.24, 2.45) is 0 Å². The summed E-state index contributed by atoms with van der Waals surface area (Å²) in [4.78, 5) is 0. The van der Waals surface area contributed by atoms with Gasteiger partial charge in [-0.05, 0) is 23.3 Å². The van der Waals surface area contributed by atoms with Gasteiger partial charge in [0.05, 0.1) is 6.10 Å². The van der Waals surface area contributed by atoms with Crippen LogP contribution in [0.5, 0.6) is 0 Å². The van der Waals surface area contributed by atoms with Crippen molar-refractivity contribution < 1.29 is 14.7 Å². The first-order valence-electron chi connectivity index (χ1n) is 5.49. The largest absolute Gasteiger partial charge is 0.634 e. The molecule has 2 aromatic carbocycles. The molecule has 0 heterocycles. The lowest BCUT2D eigenvalue weighted by molar-refractivity contribution is 0.143. The van der Waals surface area contributed by atoms with Gasteiger partial charge in [-0.1, -0.05) is 54.1 Å². The van der Waals surface area contributed by atoms with Crippen LogP contribution in [-0.4, -0.2) is 17.4 Å². The van der Waals surface area contributed by atoms with E-state index in [0.717, 1.165) is 11.1 Å². The number of rotatable bonds is 4. The summed E-state index contributed by atoms with van der Waals surface area (Å²) in [5.41, 5.74) is 1.65. The summed E-state index contributed by atoms with van der Waals surface area (Å²) < 4.78 is 5.13. The second-order valence-electron chi connectivity index (χ2n) is 3.80. The van der Waals surface area contributed by atoms with E-state index in [0.29, 0.717) is 5.02 Å². The standard InChI is InChI=1S/C13H12BClO3/c15-12-8-6-11(7-9-12)13(18-14(16)17)10-4-2-1-3-5-10/h1-9,13,16-17H. The van der Waals surface area contributed by atoms with Crippen molar-refractivity contribution in [2.45, 2.75) is 6.10 Å². The molecule has 0 aliphatic heterocycles. The van der Waals surface area contributed by atoms with Crippen LogP contribution in [0, 0.1) is 0 Å². The highest BCUT2D eigenvalue weighted by Gasteiger charge is 2.21. The van der Waals surface area contributed by atoms with E-state index in [-0.39, 0.29) is 0 Å². The average molecular weight is 263 g/mol. The van der Waals surface area contributed by atoms with Crippen LogP contribution < -0.4 is 0 Å². The highest BCUT2D eigenvalue weighted by Crippen LogP contribution is 2.27. The monoisotopic (exact) mass is 262 g/mol. The molecule has 0 saturated carbocycles. The smallest absolute Gasteiger partial charge is 0.402 e. The number of hydrogen-bond donors (Lipinski definition) is 2. The van der Waals surface area contributed by atoms with E-state index >= 15 is 0 Å². The van der Waals surface area contributed by atoms with Gasteiger partial charge in [-0.25, -0.2) is 0 Å². The first kappa shape index (κ1) is 13.1.